The molecule has 3 heteroatoms. The average Bonchev–Trinajstić information content (AvgIpc) is 2.28. The Kier molecular flexibility index (Phi) is 5.55. The molecule has 1 N–H and O–H groups in total. The Bertz CT molecular complexity index is 442. The van der Waals surface area contributed by atoms with Gasteiger partial charge in [0.25, 0.3) is 0 Å². The van der Waals surface area contributed by atoms with Crippen molar-refractivity contribution in [1.82, 2.24) is 5.32 Å². The van der Waals surface area contributed by atoms with Gasteiger partial charge >= 0.3 is 5.97 Å². The lowest BCUT2D eigenvalue weighted by Crippen LogP contribution is -2.42. The molecule has 3 nitrogen and oxygen atoms in total. The highest BCUT2D eigenvalue weighted by molar-refractivity contribution is 5.71. The smallest absolute Gasteiger partial charge is 0.307 e. The number of aryl methyl sites for hydroxylation is 2. The van der Waals surface area contributed by atoms with Crippen LogP contribution in [-0.2, 0) is 15.1 Å². The van der Waals surface area contributed by atoms with Gasteiger partial charge in [-0.05, 0) is 45.4 Å². The van der Waals surface area contributed by atoms with Crippen LogP contribution in [-0.4, -0.2) is 19.1 Å². The standard InChI is InChI=1S/C16H25NO2/c1-6-17-16(5,11-15(18)19-7-2)14-9-8-12(3)10-13(14)4/h8-10,17H,6-7,11H2,1-5H3. The molecule has 0 amide bonds. The molecule has 0 aliphatic rings. The van der Waals surface area contributed by atoms with Crippen LogP contribution in [0.2, 0.25) is 0 Å². The number of ether oxygens (including phenoxy) is 1. The van der Waals surface area contributed by atoms with Crippen molar-refractivity contribution < 1.29 is 9.53 Å². The van der Waals surface area contributed by atoms with Crippen molar-refractivity contribution in [2.75, 3.05) is 13.2 Å². The number of esters is 1. The molecule has 0 heterocycles. The van der Waals surface area contributed by atoms with E-state index in [0.717, 1.165) is 12.1 Å². The van der Waals surface area contributed by atoms with Gasteiger partial charge in [0, 0.05) is 0 Å². The third-order valence-electron chi connectivity index (χ3n) is 3.35. The van der Waals surface area contributed by atoms with Gasteiger partial charge in [-0.2, -0.15) is 0 Å². The van der Waals surface area contributed by atoms with E-state index in [1.807, 2.05) is 13.8 Å². The van der Waals surface area contributed by atoms with Crippen molar-refractivity contribution in [1.29, 1.82) is 0 Å². The van der Waals surface area contributed by atoms with Gasteiger partial charge in [0.15, 0.2) is 0 Å². The molecule has 0 fully saturated rings. The molecule has 0 bridgehead atoms. The normalized spacial score (nSPS) is 13.9. The van der Waals surface area contributed by atoms with Crippen LogP contribution in [0.25, 0.3) is 0 Å². The summed E-state index contributed by atoms with van der Waals surface area (Å²) < 4.78 is 5.09. The maximum Gasteiger partial charge on any atom is 0.307 e. The van der Waals surface area contributed by atoms with Gasteiger partial charge in [-0.3, -0.25) is 4.79 Å². The molecule has 0 saturated heterocycles. The number of hydrogen-bond donors (Lipinski definition) is 1. The predicted octanol–water partition coefficient (Wildman–Crippen LogP) is 3.08. The number of benzene rings is 1. The van der Waals surface area contributed by atoms with E-state index in [1.165, 1.54) is 11.1 Å². The summed E-state index contributed by atoms with van der Waals surface area (Å²) in [5, 5.41) is 3.42. The number of carbonyl (C=O) groups excluding carboxylic acids is 1. The van der Waals surface area contributed by atoms with E-state index in [-0.39, 0.29) is 11.5 Å². The molecular weight excluding hydrogens is 238 g/mol. The third kappa shape index (κ3) is 4.06. The Labute approximate surface area is 116 Å². The van der Waals surface area contributed by atoms with Gasteiger partial charge < -0.3 is 10.1 Å². The molecule has 1 aromatic rings. The van der Waals surface area contributed by atoms with Gasteiger partial charge in [0.2, 0.25) is 0 Å². The fourth-order valence-corrected chi connectivity index (χ4v) is 2.58. The van der Waals surface area contributed by atoms with Crippen LogP contribution >= 0.6 is 0 Å². The lowest BCUT2D eigenvalue weighted by atomic mass is 9.85. The molecular formula is C16H25NO2. The largest absolute Gasteiger partial charge is 0.466 e. The summed E-state index contributed by atoms with van der Waals surface area (Å²) in [7, 11) is 0. The van der Waals surface area contributed by atoms with Gasteiger partial charge in [-0.1, -0.05) is 30.7 Å². The SMILES string of the molecule is CCNC(C)(CC(=O)OCC)c1ccc(C)cc1C. The van der Waals surface area contributed by atoms with Crippen LogP contribution in [0.4, 0.5) is 0 Å². The summed E-state index contributed by atoms with van der Waals surface area (Å²) in [6, 6.07) is 6.34. The molecule has 19 heavy (non-hydrogen) atoms. The molecule has 0 aliphatic heterocycles. The predicted molar refractivity (Wildman–Crippen MR) is 78.2 cm³/mol. The topological polar surface area (TPSA) is 38.3 Å². The molecule has 1 atom stereocenters. The number of hydrogen-bond acceptors (Lipinski definition) is 3. The average molecular weight is 263 g/mol. The highest BCUT2D eigenvalue weighted by Gasteiger charge is 2.30. The monoisotopic (exact) mass is 263 g/mol. The van der Waals surface area contributed by atoms with Crippen LogP contribution in [0.5, 0.6) is 0 Å². The lowest BCUT2D eigenvalue weighted by molar-refractivity contribution is -0.144. The first-order valence-electron chi connectivity index (χ1n) is 6.91. The highest BCUT2D eigenvalue weighted by Crippen LogP contribution is 2.28. The minimum atomic E-state index is -0.376. The van der Waals surface area contributed by atoms with E-state index < -0.39 is 0 Å². The number of rotatable bonds is 6. The Morgan fingerprint density at radius 3 is 2.53 bits per heavy atom. The second-order valence-corrected chi connectivity index (χ2v) is 5.16. The third-order valence-corrected chi connectivity index (χ3v) is 3.35. The van der Waals surface area contributed by atoms with Crippen molar-refractivity contribution in [3.8, 4) is 0 Å². The molecule has 0 saturated carbocycles. The second kappa shape index (κ2) is 6.71. The van der Waals surface area contributed by atoms with Crippen LogP contribution < -0.4 is 5.32 Å². The van der Waals surface area contributed by atoms with Gasteiger partial charge in [0.1, 0.15) is 0 Å². The summed E-state index contributed by atoms with van der Waals surface area (Å²) >= 11 is 0. The molecule has 1 rings (SSSR count). The van der Waals surface area contributed by atoms with Crippen molar-refractivity contribution in [2.45, 2.75) is 46.6 Å². The quantitative estimate of drug-likeness (QED) is 0.802. The Balaban J connectivity index is 3.06. The zero-order valence-corrected chi connectivity index (χ0v) is 12.7. The van der Waals surface area contributed by atoms with E-state index in [9.17, 15) is 4.79 Å². The van der Waals surface area contributed by atoms with E-state index in [0.29, 0.717) is 13.0 Å². The van der Waals surface area contributed by atoms with Crippen molar-refractivity contribution in [3.05, 3.63) is 34.9 Å². The minimum Gasteiger partial charge on any atom is -0.466 e. The maximum atomic E-state index is 11.8. The summed E-state index contributed by atoms with van der Waals surface area (Å²) in [4.78, 5) is 11.8. The van der Waals surface area contributed by atoms with Crippen molar-refractivity contribution >= 4 is 5.97 Å². The van der Waals surface area contributed by atoms with Gasteiger partial charge in [-0.25, -0.2) is 0 Å². The van der Waals surface area contributed by atoms with E-state index >= 15 is 0 Å². The number of carbonyl (C=O) groups is 1. The van der Waals surface area contributed by atoms with Crippen molar-refractivity contribution in [3.63, 3.8) is 0 Å². The molecule has 1 aromatic carbocycles. The van der Waals surface area contributed by atoms with Crippen LogP contribution in [0.3, 0.4) is 0 Å². The molecule has 106 valence electrons. The highest BCUT2D eigenvalue weighted by atomic mass is 16.5. The Morgan fingerprint density at radius 1 is 1.32 bits per heavy atom. The molecule has 0 aromatic heterocycles. The molecule has 0 spiro atoms. The first kappa shape index (κ1) is 15.7. The van der Waals surface area contributed by atoms with E-state index in [1.54, 1.807) is 0 Å². The number of nitrogens with one attached hydrogen (secondary N) is 1. The molecule has 1 unspecified atom stereocenters. The van der Waals surface area contributed by atoms with Crippen LogP contribution in [0, 0.1) is 13.8 Å². The van der Waals surface area contributed by atoms with Crippen LogP contribution in [0.15, 0.2) is 18.2 Å². The first-order chi connectivity index (χ1) is 8.92. The maximum absolute atomic E-state index is 11.8. The zero-order chi connectivity index (χ0) is 14.5. The lowest BCUT2D eigenvalue weighted by Gasteiger charge is -2.32. The van der Waals surface area contributed by atoms with Crippen molar-refractivity contribution in [2.24, 2.45) is 0 Å². The summed E-state index contributed by atoms with van der Waals surface area (Å²) in [5.41, 5.74) is 3.22. The van der Waals surface area contributed by atoms with Crippen LogP contribution in [0.1, 0.15) is 43.9 Å². The first-order valence-corrected chi connectivity index (χ1v) is 6.91. The summed E-state index contributed by atoms with van der Waals surface area (Å²) in [5.74, 6) is -0.161. The Morgan fingerprint density at radius 2 is 2.00 bits per heavy atom. The van der Waals surface area contributed by atoms with Gasteiger partial charge in [0.05, 0.1) is 18.6 Å². The van der Waals surface area contributed by atoms with Gasteiger partial charge in [-0.15, -0.1) is 0 Å². The molecule has 0 radical (unpaired) electrons. The van der Waals surface area contributed by atoms with E-state index in [2.05, 4.69) is 44.3 Å². The fourth-order valence-electron chi connectivity index (χ4n) is 2.58. The zero-order valence-electron chi connectivity index (χ0n) is 12.7. The van der Waals surface area contributed by atoms with E-state index in [4.69, 9.17) is 4.74 Å². The summed E-state index contributed by atoms with van der Waals surface area (Å²) in [6.07, 6.45) is 0.346. The fraction of sp³-hybridized carbons (Fsp3) is 0.562. The Hall–Kier alpha value is -1.35. The molecule has 0 aliphatic carbocycles. The minimum absolute atomic E-state index is 0.161. The second-order valence-electron chi connectivity index (χ2n) is 5.16. The summed E-state index contributed by atoms with van der Waals surface area (Å²) in [6.45, 7) is 11.3.